The first-order valence-electron chi connectivity index (χ1n) is 9.27. The molecule has 1 N–H and O–H groups in total. The average molecular weight is 613 g/mol. The molecule has 3 aromatic rings. The van der Waals surface area contributed by atoms with E-state index in [4.69, 9.17) is 8.92 Å². The van der Waals surface area contributed by atoms with E-state index in [0.717, 1.165) is 6.07 Å². The summed E-state index contributed by atoms with van der Waals surface area (Å²) in [5.41, 5.74) is 2.85. The quantitative estimate of drug-likeness (QED) is 0.169. The number of hydrogen-bond donors (Lipinski definition) is 1. The van der Waals surface area contributed by atoms with Gasteiger partial charge in [-0.15, -0.1) is 0 Å². The molecule has 0 bridgehead atoms. The number of benzene rings is 3. The van der Waals surface area contributed by atoms with Gasteiger partial charge in [-0.2, -0.15) is 13.5 Å². The summed E-state index contributed by atoms with van der Waals surface area (Å²) in [6, 6.07) is 14.3. The summed E-state index contributed by atoms with van der Waals surface area (Å²) in [7, 11) is -3.10. The monoisotopic (exact) mass is 611 g/mol. The fraction of sp³-hybridized carbons (Fsp3) is 0.0476. The number of hydrogen-bond acceptors (Lipinski definition) is 8. The maximum Gasteiger partial charge on any atom is 0.339 e. The van der Waals surface area contributed by atoms with Crippen molar-refractivity contribution in [1.29, 1.82) is 0 Å². The van der Waals surface area contributed by atoms with E-state index in [-0.39, 0.29) is 16.0 Å². The van der Waals surface area contributed by atoms with E-state index in [0.29, 0.717) is 15.6 Å². The van der Waals surface area contributed by atoms with Crippen LogP contribution in [0, 0.1) is 10.1 Å². The van der Waals surface area contributed by atoms with E-state index < -0.39 is 31.5 Å². The lowest BCUT2D eigenvalue weighted by molar-refractivity contribution is -0.385. The van der Waals surface area contributed by atoms with Gasteiger partial charge in [0, 0.05) is 16.6 Å². The predicted molar refractivity (Wildman–Crippen MR) is 131 cm³/mol. The number of ether oxygens (including phenoxy) is 1. The summed E-state index contributed by atoms with van der Waals surface area (Å²) >= 11 is 6.53. The molecule has 13 heteroatoms. The van der Waals surface area contributed by atoms with Gasteiger partial charge in [0.05, 0.1) is 28.3 Å². The standard InChI is InChI=1S/C21H15Br2N3O7S/c1-32-19-10-13(12-24-25-21(27)16-7-2-3-8-17(16)22)9-18(23)20(19)33-34(30,31)15-6-4-5-14(11-15)26(28)29/h2-12H,1H3,(H,25,27)/b24-12-. The van der Waals surface area contributed by atoms with Crippen LogP contribution in [0.2, 0.25) is 0 Å². The molecule has 0 unspecified atom stereocenters. The normalized spacial score (nSPS) is 11.3. The number of carbonyl (C=O) groups excluding carboxylic acids is 1. The van der Waals surface area contributed by atoms with E-state index in [1.54, 1.807) is 24.3 Å². The number of carbonyl (C=O) groups is 1. The third kappa shape index (κ3) is 5.98. The van der Waals surface area contributed by atoms with Gasteiger partial charge in [-0.3, -0.25) is 14.9 Å². The lowest BCUT2D eigenvalue weighted by Gasteiger charge is -2.13. The Hall–Kier alpha value is -3.29. The Labute approximate surface area is 211 Å². The molecule has 3 aromatic carbocycles. The number of non-ortho nitro benzene ring substituents is 1. The zero-order valence-electron chi connectivity index (χ0n) is 17.3. The number of amides is 1. The summed E-state index contributed by atoms with van der Waals surface area (Å²) in [5.74, 6) is -0.553. The lowest BCUT2D eigenvalue weighted by atomic mass is 10.2. The van der Waals surface area contributed by atoms with Gasteiger partial charge in [-0.05, 0) is 67.8 Å². The molecule has 0 fully saturated rings. The van der Waals surface area contributed by atoms with Gasteiger partial charge < -0.3 is 8.92 Å². The molecule has 0 atom stereocenters. The minimum absolute atomic E-state index is 0.0435. The summed E-state index contributed by atoms with van der Waals surface area (Å²) < 4.78 is 36.6. The second-order valence-corrected chi connectivity index (χ2v) is 9.76. The Bertz CT molecular complexity index is 1390. The highest BCUT2D eigenvalue weighted by atomic mass is 79.9. The first kappa shape index (κ1) is 25.3. The predicted octanol–water partition coefficient (Wildman–Crippen LogP) is 4.66. The highest BCUT2D eigenvalue weighted by Crippen LogP contribution is 2.38. The van der Waals surface area contributed by atoms with Crippen LogP contribution in [0.15, 0.2) is 79.6 Å². The number of methoxy groups -OCH3 is 1. The van der Waals surface area contributed by atoms with Gasteiger partial charge in [0.1, 0.15) is 4.90 Å². The molecule has 10 nitrogen and oxygen atoms in total. The average Bonchev–Trinajstić information content (AvgIpc) is 2.80. The van der Waals surface area contributed by atoms with Crippen LogP contribution in [0.3, 0.4) is 0 Å². The van der Waals surface area contributed by atoms with Crippen LogP contribution in [0.5, 0.6) is 11.5 Å². The summed E-state index contributed by atoms with van der Waals surface area (Å²) in [4.78, 5) is 22.1. The summed E-state index contributed by atoms with van der Waals surface area (Å²) in [6.45, 7) is 0. The molecular weight excluding hydrogens is 598 g/mol. The van der Waals surface area contributed by atoms with Crippen LogP contribution < -0.4 is 14.3 Å². The maximum absolute atomic E-state index is 12.7. The lowest BCUT2D eigenvalue weighted by Crippen LogP contribution is -2.18. The SMILES string of the molecule is COc1cc(/C=N\NC(=O)c2ccccc2Br)cc(Br)c1OS(=O)(=O)c1cccc([N+](=O)[O-])c1. The third-order valence-electron chi connectivity index (χ3n) is 4.26. The van der Waals surface area contributed by atoms with Crippen molar-refractivity contribution in [1.82, 2.24) is 5.43 Å². The number of halogens is 2. The summed E-state index contributed by atoms with van der Waals surface area (Å²) in [5, 5.41) is 14.9. The van der Waals surface area contributed by atoms with Crippen LogP contribution in [-0.2, 0) is 10.1 Å². The van der Waals surface area contributed by atoms with Crippen LogP contribution in [-0.4, -0.2) is 32.6 Å². The molecule has 34 heavy (non-hydrogen) atoms. The molecule has 0 saturated carbocycles. The Morgan fingerprint density at radius 2 is 1.82 bits per heavy atom. The Morgan fingerprint density at radius 3 is 2.50 bits per heavy atom. The molecule has 1 amide bonds. The number of nitro groups is 1. The fourth-order valence-corrected chi connectivity index (χ4v) is 4.79. The van der Waals surface area contributed by atoms with Crippen molar-refractivity contribution in [2.75, 3.05) is 7.11 Å². The van der Waals surface area contributed by atoms with Gasteiger partial charge in [0.15, 0.2) is 11.5 Å². The van der Waals surface area contributed by atoms with Crippen LogP contribution in [0.4, 0.5) is 5.69 Å². The van der Waals surface area contributed by atoms with E-state index in [9.17, 15) is 23.3 Å². The van der Waals surface area contributed by atoms with Gasteiger partial charge in [-0.1, -0.05) is 18.2 Å². The third-order valence-corrected chi connectivity index (χ3v) is 6.76. The van der Waals surface area contributed by atoms with Crippen LogP contribution >= 0.6 is 31.9 Å². The smallest absolute Gasteiger partial charge is 0.339 e. The molecule has 0 radical (unpaired) electrons. The van der Waals surface area contributed by atoms with E-state index in [2.05, 4.69) is 42.4 Å². The molecule has 0 aromatic heterocycles. The van der Waals surface area contributed by atoms with Gasteiger partial charge in [0.25, 0.3) is 11.6 Å². The van der Waals surface area contributed by atoms with Crippen molar-refractivity contribution >= 4 is 59.8 Å². The number of hydrazone groups is 1. The van der Waals surface area contributed by atoms with E-state index >= 15 is 0 Å². The van der Waals surface area contributed by atoms with Crippen LogP contribution in [0.25, 0.3) is 0 Å². The molecule has 3 rings (SSSR count). The number of nitrogens with zero attached hydrogens (tertiary/aromatic N) is 2. The molecule has 0 saturated heterocycles. The van der Waals surface area contributed by atoms with Crippen molar-refractivity contribution in [2.45, 2.75) is 4.90 Å². The largest absolute Gasteiger partial charge is 0.493 e. The van der Waals surface area contributed by atoms with E-state index in [1.165, 1.54) is 43.7 Å². The van der Waals surface area contributed by atoms with Crippen molar-refractivity contribution in [3.8, 4) is 11.5 Å². The number of nitrogens with one attached hydrogen (secondary N) is 1. The molecule has 0 aliphatic heterocycles. The summed E-state index contributed by atoms with van der Waals surface area (Å²) in [6.07, 6.45) is 1.33. The topological polar surface area (TPSA) is 137 Å². The Balaban J connectivity index is 1.83. The minimum atomic E-state index is -4.41. The number of rotatable bonds is 8. The Kier molecular flexibility index (Phi) is 8.02. The zero-order valence-corrected chi connectivity index (χ0v) is 21.3. The number of nitro benzene ring substituents is 1. The highest BCUT2D eigenvalue weighted by Gasteiger charge is 2.24. The van der Waals surface area contributed by atoms with Gasteiger partial charge in [0.2, 0.25) is 0 Å². The van der Waals surface area contributed by atoms with Crippen molar-refractivity contribution in [2.24, 2.45) is 5.10 Å². The molecule has 0 aliphatic rings. The van der Waals surface area contributed by atoms with Crippen molar-refractivity contribution in [3.05, 3.63) is 90.9 Å². The van der Waals surface area contributed by atoms with Gasteiger partial charge in [-0.25, -0.2) is 5.43 Å². The minimum Gasteiger partial charge on any atom is -0.493 e. The molecule has 0 spiro atoms. The molecular formula is C21H15Br2N3O7S. The highest BCUT2D eigenvalue weighted by molar-refractivity contribution is 9.10. The second kappa shape index (κ2) is 10.8. The van der Waals surface area contributed by atoms with Crippen molar-refractivity contribution < 1.29 is 27.1 Å². The zero-order chi connectivity index (χ0) is 24.9. The second-order valence-electron chi connectivity index (χ2n) is 6.51. The first-order valence-corrected chi connectivity index (χ1v) is 12.3. The van der Waals surface area contributed by atoms with Gasteiger partial charge >= 0.3 is 10.1 Å². The fourth-order valence-electron chi connectivity index (χ4n) is 2.68. The maximum atomic E-state index is 12.7. The molecule has 0 heterocycles. The van der Waals surface area contributed by atoms with E-state index in [1.807, 2.05) is 0 Å². The first-order chi connectivity index (χ1) is 16.1. The Morgan fingerprint density at radius 1 is 1.09 bits per heavy atom. The van der Waals surface area contributed by atoms with Crippen LogP contribution in [0.1, 0.15) is 15.9 Å². The van der Waals surface area contributed by atoms with Crippen molar-refractivity contribution in [3.63, 3.8) is 0 Å². The molecule has 0 aliphatic carbocycles. The molecule has 176 valence electrons.